The second-order valence-corrected chi connectivity index (χ2v) is 19.4. The third-order valence-corrected chi connectivity index (χ3v) is 6.01. The van der Waals surface area contributed by atoms with Crippen molar-refractivity contribution in [1.29, 1.82) is 0 Å². The molecule has 9 heteroatoms. The predicted molar refractivity (Wildman–Crippen MR) is 160 cm³/mol. The molecule has 4 nitrogen and oxygen atoms in total. The van der Waals surface area contributed by atoms with E-state index < -0.39 is 15.1 Å². The number of ketones is 2. The number of rotatable bonds is 7. The molecule has 0 bridgehead atoms. The molecule has 0 atom stereocenters. The van der Waals surface area contributed by atoms with Crippen LogP contribution in [0.1, 0.15) is 32.2 Å². The molecular formula is C31H23Cl4FeO4. The molecule has 0 radical (unpaired) electrons. The van der Waals surface area contributed by atoms with Gasteiger partial charge in [0.05, 0.1) is 18.1 Å². The van der Waals surface area contributed by atoms with Crippen LogP contribution in [-0.2, 0) is 9.20 Å². The monoisotopic (exact) mass is 655 g/mol. The molecule has 0 unspecified atom stereocenters. The number of benzene rings is 4. The molecule has 0 aliphatic carbocycles. The topological polar surface area (TPSA) is 54.7 Å². The molecule has 4 aromatic carbocycles. The fraction of sp³-hybridized carbons (Fsp3) is 0.0645. The minimum absolute atomic E-state index is 0.270. The minimum atomic E-state index is -2.61. The van der Waals surface area contributed by atoms with E-state index in [0.29, 0.717) is 39.2 Å². The zero-order valence-electron chi connectivity index (χ0n) is 21.0. The van der Waals surface area contributed by atoms with E-state index in [1.807, 2.05) is 54.6 Å². The first-order valence-corrected chi connectivity index (χ1v) is 18.0. The Bertz CT molecular complexity index is 1550. The van der Waals surface area contributed by atoms with Crippen LogP contribution in [0.3, 0.4) is 0 Å². The Balaban J connectivity index is 0.000000681. The summed E-state index contributed by atoms with van der Waals surface area (Å²) in [7, 11) is 18.8. The van der Waals surface area contributed by atoms with Crippen LogP contribution >= 0.6 is 40.4 Å². The van der Waals surface area contributed by atoms with Crippen LogP contribution in [0.2, 0.25) is 0 Å². The van der Waals surface area contributed by atoms with Gasteiger partial charge in [-0.05, 0) is 29.8 Å². The van der Waals surface area contributed by atoms with Crippen LogP contribution in [0, 0.1) is 0 Å². The molecule has 5 aromatic rings. The summed E-state index contributed by atoms with van der Waals surface area (Å²) in [6.07, 6.45) is 0. The molecular weight excluding hydrogens is 634 g/mol. The van der Waals surface area contributed by atoms with E-state index in [1.54, 1.807) is 67.8 Å². The zero-order valence-corrected chi connectivity index (χ0v) is 25.2. The molecule has 1 aromatic heterocycles. The number of Topliss-reactive ketones (excluding diaryl/α,β-unsaturated/α-hetero) is 2. The quantitative estimate of drug-likeness (QED) is 0.0757. The van der Waals surface area contributed by atoms with Gasteiger partial charge in [-0.2, -0.15) is 0 Å². The van der Waals surface area contributed by atoms with Gasteiger partial charge in [-0.25, -0.2) is 4.42 Å². The van der Waals surface area contributed by atoms with E-state index in [2.05, 4.69) is 0 Å². The van der Waals surface area contributed by atoms with E-state index in [1.165, 1.54) is 0 Å². The van der Waals surface area contributed by atoms with Crippen molar-refractivity contribution < 1.29 is 27.9 Å². The first kappa shape index (κ1) is 30.1. The van der Waals surface area contributed by atoms with E-state index in [4.69, 9.17) is 49.5 Å². The van der Waals surface area contributed by atoms with Crippen molar-refractivity contribution in [2.75, 3.05) is 7.11 Å². The summed E-state index contributed by atoms with van der Waals surface area (Å²) in [5.41, 5.74) is 2.94. The third-order valence-electron chi connectivity index (χ3n) is 6.01. The molecule has 207 valence electrons. The average Bonchev–Trinajstić information content (AvgIpc) is 2.97. The zero-order chi connectivity index (χ0) is 28.7. The summed E-state index contributed by atoms with van der Waals surface area (Å²) >= 11 is 0. The van der Waals surface area contributed by atoms with Gasteiger partial charge in [-0.15, -0.1) is 0 Å². The summed E-state index contributed by atoms with van der Waals surface area (Å²) in [6.45, 7) is 0. The first-order valence-electron chi connectivity index (χ1n) is 11.9. The van der Waals surface area contributed by atoms with E-state index in [9.17, 15) is 9.59 Å². The molecule has 0 N–H and O–H groups in total. The Morgan fingerprint density at radius 3 is 1.65 bits per heavy atom. The van der Waals surface area contributed by atoms with Crippen LogP contribution in [0.5, 0.6) is 5.75 Å². The van der Waals surface area contributed by atoms with E-state index >= 15 is 0 Å². The Morgan fingerprint density at radius 2 is 1.18 bits per heavy atom. The standard InChI is InChI=1S/C31H23O4.4ClH.Fe/c1-34-24-17-18-27-25(19-24)26(20-28(35-27)21-11-5-2-6-12-21)29(30(32)22-13-7-3-8-14-22)31(33)23-15-9-4-10-16-23;;;;;/h2-20,29H,1H3;4*1H;/q+1;;;;;+3/p-4. The number of hydrogen-bond donors (Lipinski definition) is 0. The maximum atomic E-state index is 13.9. The van der Waals surface area contributed by atoms with Gasteiger partial charge in [0, 0.05) is 23.3 Å². The van der Waals surface area contributed by atoms with E-state index in [0.717, 1.165) is 5.56 Å². The third kappa shape index (κ3) is 7.86. The van der Waals surface area contributed by atoms with Gasteiger partial charge >= 0.3 is 60.9 Å². The number of carbonyl (C=O) groups is 2. The van der Waals surface area contributed by atoms with Crippen molar-refractivity contribution in [3.05, 3.63) is 132 Å². The first-order chi connectivity index (χ1) is 19.2. The second-order valence-electron chi connectivity index (χ2n) is 8.49. The van der Waals surface area contributed by atoms with Crippen molar-refractivity contribution in [3.8, 4) is 17.1 Å². The van der Waals surface area contributed by atoms with Crippen molar-refractivity contribution in [2.24, 2.45) is 0 Å². The molecule has 40 heavy (non-hydrogen) atoms. The number of hydrogen-bond acceptors (Lipinski definition) is 3. The molecule has 0 aliphatic rings. The summed E-state index contributed by atoms with van der Waals surface area (Å²) in [6, 6.07) is 34.7. The predicted octanol–water partition coefficient (Wildman–Crippen LogP) is 9.99. The summed E-state index contributed by atoms with van der Waals surface area (Å²) in [4.78, 5) is 27.8. The van der Waals surface area contributed by atoms with Gasteiger partial charge in [0.2, 0.25) is 0 Å². The number of carbonyl (C=O) groups excluding carboxylic acids is 2. The molecule has 0 fully saturated rings. The maximum absolute atomic E-state index is 13.9. The van der Waals surface area contributed by atoms with Crippen molar-refractivity contribution in [2.45, 2.75) is 5.92 Å². The number of ether oxygens (including phenoxy) is 1. The van der Waals surface area contributed by atoms with Gasteiger partial charge < -0.3 is 4.74 Å². The molecule has 0 saturated carbocycles. The Kier molecular flexibility index (Phi) is 10.3. The number of halogens is 4. The van der Waals surface area contributed by atoms with Crippen LogP contribution < -0.4 is 4.74 Å². The normalized spacial score (nSPS) is 11.4. The van der Waals surface area contributed by atoms with Gasteiger partial charge in [-0.3, -0.25) is 9.59 Å². The fourth-order valence-electron chi connectivity index (χ4n) is 4.24. The summed E-state index contributed by atoms with van der Waals surface area (Å²) in [5.74, 6) is -0.416. The second kappa shape index (κ2) is 13.6. The average molecular weight is 657 g/mol. The van der Waals surface area contributed by atoms with Gasteiger partial charge in [0.1, 0.15) is 11.7 Å². The number of methoxy groups -OCH3 is 1. The molecule has 1 heterocycles. The number of fused-ring (bicyclic) bond motifs is 1. The molecule has 5 rings (SSSR count). The van der Waals surface area contributed by atoms with Crippen LogP contribution in [0.25, 0.3) is 22.3 Å². The summed E-state index contributed by atoms with van der Waals surface area (Å²) in [5, 5.41) is 0.655. The van der Waals surface area contributed by atoms with Gasteiger partial charge in [0.15, 0.2) is 11.6 Å². The molecule has 0 aliphatic heterocycles. The van der Waals surface area contributed by atoms with Crippen molar-refractivity contribution >= 4 is 62.9 Å². The van der Waals surface area contributed by atoms with Gasteiger partial charge in [-0.1, -0.05) is 78.9 Å². The van der Waals surface area contributed by atoms with Crippen LogP contribution in [0.15, 0.2) is 120 Å². The van der Waals surface area contributed by atoms with Crippen LogP contribution in [0.4, 0.5) is 0 Å². The molecule has 0 amide bonds. The Morgan fingerprint density at radius 1 is 0.700 bits per heavy atom. The molecule has 0 spiro atoms. The van der Waals surface area contributed by atoms with Crippen molar-refractivity contribution in [3.63, 3.8) is 0 Å². The molecule has 0 saturated heterocycles. The fourth-order valence-corrected chi connectivity index (χ4v) is 4.24. The van der Waals surface area contributed by atoms with Crippen LogP contribution in [-0.4, -0.2) is 18.7 Å². The van der Waals surface area contributed by atoms with Crippen molar-refractivity contribution in [1.82, 2.24) is 0 Å². The Hall–Kier alpha value is -2.89. The summed E-state index contributed by atoms with van der Waals surface area (Å²) < 4.78 is 11.7. The Labute approximate surface area is 251 Å². The van der Waals surface area contributed by atoms with Gasteiger partial charge in [0.25, 0.3) is 0 Å². The SMILES string of the molecule is COc1ccc2[o+]c(-c3ccccc3)cc(C(C(=O)c3ccccc3)C(=O)c3ccccc3)c2c1.[Cl][Fe-]([Cl])([Cl])[Cl]. The van der Waals surface area contributed by atoms with E-state index in [-0.39, 0.29) is 11.6 Å².